The highest BCUT2D eigenvalue weighted by molar-refractivity contribution is 5.84. The molecule has 18 heavy (non-hydrogen) atoms. The van der Waals surface area contributed by atoms with Crippen LogP contribution in [0.2, 0.25) is 0 Å². The minimum Gasteiger partial charge on any atom is -0.319 e. The molecule has 2 aliphatic heterocycles. The maximum Gasteiger partial charge on any atom is 0.320 e. The molecule has 0 aromatic carbocycles. The summed E-state index contributed by atoms with van der Waals surface area (Å²) < 4.78 is 1.43. The first kappa shape index (κ1) is 11.0. The highest BCUT2D eigenvalue weighted by Crippen LogP contribution is 2.29. The summed E-state index contributed by atoms with van der Waals surface area (Å²) in [4.78, 5) is 31.2. The summed E-state index contributed by atoms with van der Waals surface area (Å²) in [5.41, 5.74) is 1.55. The molecule has 1 unspecified atom stereocenters. The number of fused-ring (bicyclic) bond motifs is 2. The molecule has 1 aromatic rings. The number of nitrogens with zero attached hydrogens (tertiary/aromatic N) is 4. The summed E-state index contributed by atoms with van der Waals surface area (Å²) in [7, 11) is 3.45. The molecule has 6 heteroatoms. The van der Waals surface area contributed by atoms with E-state index in [0.29, 0.717) is 18.8 Å². The molecule has 1 saturated heterocycles. The number of likely N-dealkylation sites (N-methyl/N-ethyl adjacent to an activating group) is 1. The van der Waals surface area contributed by atoms with Gasteiger partial charge in [0.15, 0.2) is 0 Å². The molecular weight excluding hydrogens is 232 g/mol. The van der Waals surface area contributed by atoms with Gasteiger partial charge in [0, 0.05) is 38.8 Å². The van der Waals surface area contributed by atoms with Crippen molar-refractivity contribution in [3.8, 4) is 0 Å². The highest BCUT2D eigenvalue weighted by atomic mass is 16.2. The van der Waals surface area contributed by atoms with Gasteiger partial charge in [0.05, 0.1) is 18.1 Å². The smallest absolute Gasteiger partial charge is 0.319 e. The lowest BCUT2D eigenvalue weighted by Gasteiger charge is -2.22. The van der Waals surface area contributed by atoms with E-state index < -0.39 is 0 Å². The lowest BCUT2D eigenvalue weighted by Crippen LogP contribution is -2.31. The van der Waals surface area contributed by atoms with Crippen molar-refractivity contribution in [3.63, 3.8) is 0 Å². The Bertz CT molecular complexity index is 604. The van der Waals surface area contributed by atoms with Crippen molar-refractivity contribution in [2.75, 3.05) is 20.1 Å². The second kappa shape index (κ2) is 3.69. The number of carbonyl (C=O) groups is 1. The van der Waals surface area contributed by atoms with Crippen LogP contribution in [0.3, 0.4) is 0 Å². The van der Waals surface area contributed by atoms with Crippen molar-refractivity contribution >= 4 is 11.6 Å². The Labute approximate surface area is 104 Å². The van der Waals surface area contributed by atoms with Crippen LogP contribution in [0, 0.1) is 0 Å². The summed E-state index contributed by atoms with van der Waals surface area (Å²) in [6, 6.07) is 1.57. The van der Waals surface area contributed by atoms with Crippen LogP contribution in [-0.2, 0) is 7.05 Å². The first-order valence-electron chi connectivity index (χ1n) is 5.83. The first-order valence-corrected chi connectivity index (χ1v) is 5.83. The zero-order valence-corrected chi connectivity index (χ0v) is 10.3. The van der Waals surface area contributed by atoms with E-state index >= 15 is 0 Å². The fourth-order valence-electron chi connectivity index (χ4n) is 2.46. The van der Waals surface area contributed by atoms with E-state index in [2.05, 4.69) is 4.98 Å². The number of aryl methyl sites for hydroxylation is 1. The maximum atomic E-state index is 11.8. The molecule has 1 atom stereocenters. The summed E-state index contributed by atoms with van der Waals surface area (Å²) in [6.45, 7) is 1.27. The molecule has 0 N–H and O–H groups in total. The normalized spacial score (nSPS) is 22.4. The maximum absolute atomic E-state index is 11.8. The SMILES string of the molecule is CN1C(=O)N2CC=C(c3cc(=O)n(C)cn3)C1C2. The Morgan fingerprint density at radius 2 is 2.11 bits per heavy atom. The number of rotatable bonds is 1. The molecule has 3 rings (SSSR count). The number of amides is 2. The van der Waals surface area contributed by atoms with Gasteiger partial charge in [-0.25, -0.2) is 9.78 Å². The fourth-order valence-corrected chi connectivity index (χ4v) is 2.46. The van der Waals surface area contributed by atoms with Gasteiger partial charge in [-0.15, -0.1) is 0 Å². The van der Waals surface area contributed by atoms with E-state index in [1.807, 2.05) is 6.08 Å². The molecule has 6 nitrogen and oxygen atoms in total. The Morgan fingerprint density at radius 1 is 1.33 bits per heavy atom. The van der Waals surface area contributed by atoms with Gasteiger partial charge in [-0.05, 0) is 0 Å². The molecule has 2 aliphatic rings. The number of aromatic nitrogens is 2. The van der Waals surface area contributed by atoms with Crippen molar-refractivity contribution in [3.05, 3.63) is 34.5 Å². The molecular formula is C12H14N4O2. The van der Waals surface area contributed by atoms with Crippen LogP contribution in [0.4, 0.5) is 4.79 Å². The number of hydrogen-bond donors (Lipinski definition) is 0. The minimum atomic E-state index is -0.0877. The van der Waals surface area contributed by atoms with E-state index in [1.165, 1.54) is 17.0 Å². The fraction of sp³-hybridized carbons (Fsp3) is 0.417. The molecule has 0 saturated carbocycles. The van der Waals surface area contributed by atoms with E-state index in [-0.39, 0.29) is 17.6 Å². The predicted molar refractivity (Wildman–Crippen MR) is 66.0 cm³/mol. The number of urea groups is 1. The van der Waals surface area contributed by atoms with Crippen LogP contribution < -0.4 is 5.56 Å². The van der Waals surface area contributed by atoms with Gasteiger partial charge in [-0.3, -0.25) is 4.79 Å². The van der Waals surface area contributed by atoms with E-state index in [4.69, 9.17) is 0 Å². The van der Waals surface area contributed by atoms with Crippen molar-refractivity contribution in [1.29, 1.82) is 0 Å². The van der Waals surface area contributed by atoms with Crippen molar-refractivity contribution in [2.45, 2.75) is 6.04 Å². The van der Waals surface area contributed by atoms with Crippen molar-refractivity contribution in [1.82, 2.24) is 19.4 Å². The van der Waals surface area contributed by atoms with Crippen molar-refractivity contribution < 1.29 is 4.79 Å². The van der Waals surface area contributed by atoms with Crippen LogP contribution in [0.25, 0.3) is 5.57 Å². The van der Waals surface area contributed by atoms with Crippen LogP contribution >= 0.6 is 0 Å². The minimum absolute atomic E-state index is 0.00542. The number of carbonyl (C=O) groups excluding carboxylic acids is 1. The van der Waals surface area contributed by atoms with Crippen LogP contribution in [0.15, 0.2) is 23.3 Å². The average molecular weight is 246 g/mol. The molecule has 0 radical (unpaired) electrons. The molecule has 0 spiro atoms. The Hall–Kier alpha value is -2.11. The van der Waals surface area contributed by atoms with E-state index in [1.54, 1.807) is 23.9 Å². The van der Waals surface area contributed by atoms with Gasteiger partial charge in [-0.1, -0.05) is 6.08 Å². The van der Waals surface area contributed by atoms with Crippen LogP contribution in [-0.4, -0.2) is 51.6 Å². The van der Waals surface area contributed by atoms with E-state index in [9.17, 15) is 9.59 Å². The molecule has 1 fully saturated rings. The zero-order valence-electron chi connectivity index (χ0n) is 10.3. The highest BCUT2D eigenvalue weighted by Gasteiger charge is 2.39. The Kier molecular flexibility index (Phi) is 2.26. The molecule has 1 aromatic heterocycles. The molecule has 94 valence electrons. The van der Waals surface area contributed by atoms with Gasteiger partial charge in [0.1, 0.15) is 0 Å². The topological polar surface area (TPSA) is 58.4 Å². The lowest BCUT2D eigenvalue weighted by atomic mass is 10.0. The average Bonchev–Trinajstić information content (AvgIpc) is 2.59. The van der Waals surface area contributed by atoms with Crippen molar-refractivity contribution in [2.24, 2.45) is 7.05 Å². The molecule has 2 amide bonds. The summed E-state index contributed by atoms with van der Waals surface area (Å²) in [5.74, 6) is 0. The Balaban J connectivity index is 2.03. The van der Waals surface area contributed by atoms with E-state index in [0.717, 1.165) is 5.57 Å². The van der Waals surface area contributed by atoms with Gasteiger partial charge in [0.25, 0.3) is 5.56 Å². The second-order valence-corrected chi connectivity index (χ2v) is 4.70. The molecule has 3 heterocycles. The lowest BCUT2D eigenvalue weighted by molar-refractivity contribution is 0.202. The summed E-state index contributed by atoms with van der Waals surface area (Å²) in [5, 5.41) is 0. The van der Waals surface area contributed by atoms with Crippen LogP contribution in [0.5, 0.6) is 0 Å². The molecule has 0 aliphatic carbocycles. The molecule has 2 bridgehead atoms. The Morgan fingerprint density at radius 3 is 2.83 bits per heavy atom. The third kappa shape index (κ3) is 1.45. The van der Waals surface area contributed by atoms with Gasteiger partial charge < -0.3 is 14.4 Å². The largest absolute Gasteiger partial charge is 0.320 e. The number of hydrogen-bond acceptors (Lipinski definition) is 3. The van der Waals surface area contributed by atoms with Gasteiger partial charge in [0.2, 0.25) is 0 Å². The quantitative estimate of drug-likeness (QED) is 0.696. The zero-order chi connectivity index (χ0) is 12.9. The standard InChI is InChI=1S/C12H14N4O2/c1-14-7-13-9(5-11(14)17)8-3-4-16-6-10(8)15(2)12(16)18/h3,5,7,10H,4,6H2,1-2H3. The third-order valence-electron chi connectivity index (χ3n) is 3.60. The third-order valence-corrected chi connectivity index (χ3v) is 3.60. The van der Waals surface area contributed by atoms with Gasteiger partial charge >= 0.3 is 6.03 Å². The summed E-state index contributed by atoms with van der Waals surface area (Å²) >= 11 is 0. The van der Waals surface area contributed by atoms with Crippen LogP contribution in [0.1, 0.15) is 5.69 Å². The first-order chi connectivity index (χ1) is 8.58. The van der Waals surface area contributed by atoms with Gasteiger partial charge in [-0.2, -0.15) is 0 Å². The second-order valence-electron chi connectivity index (χ2n) is 4.70. The summed E-state index contributed by atoms with van der Waals surface area (Å²) in [6.07, 6.45) is 3.50. The predicted octanol–water partition coefficient (Wildman–Crippen LogP) is -0.0867. The monoisotopic (exact) mass is 246 g/mol.